The summed E-state index contributed by atoms with van der Waals surface area (Å²) in [5.74, 6) is 0.0826. The Bertz CT molecular complexity index is 836. The summed E-state index contributed by atoms with van der Waals surface area (Å²) in [5.41, 5.74) is 2.07. The van der Waals surface area contributed by atoms with Crippen LogP contribution in [0.15, 0.2) is 55.3 Å². The molecule has 1 N–H and O–H groups in total. The largest absolute Gasteiger partial charge is 0.361 e. The van der Waals surface area contributed by atoms with Gasteiger partial charge in [0.15, 0.2) is 0 Å². The number of aromatic amines is 1. The number of rotatable bonds is 6. The number of H-pyrrole nitrogens is 1. The number of hydrogen-bond acceptors (Lipinski definition) is 2. The molecule has 0 aliphatic carbocycles. The van der Waals surface area contributed by atoms with Gasteiger partial charge >= 0.3 is 0 Å². The van der Waals surface area contributed by atoms with E-state index in [0.29, 0.717) is 19.5 Å². The van der Waals surface area contributed by atoms with Crippen molar-refractivity contribution in [3.63, 3.8) is 0 Å². The number of hydrogen-bond donors (Lipinski definition) is 1. The highest BCUT2D eigenvalue weighted by atomic mass is 35.5. The number of thiophene rings is 1. The second-order valence-electron chi connectivity index (χ2n) is 5.31. The molecule has 0 fully saturated rings. The third-order valence-electron chi connectivity index (χ3n) is 3.69. The summed E-state index contributed by atoms with van der Waals surface area (Å²) < 4.78 is 0.739. The number of aromatic nitrogens is 1. The number of fused-ring (bicyclic) bond motifs is 1. The molecule has 0 spiro atoms. The van der Waals surface area contributed by atoms with Gasteiger partial charge in [0.05, 0.1) is 17.3 Å². The van der Waals surface area contributed by atoms with Crippen LogP contribution >= 0.6 is 22.9 Å². The Kier molecular flexibility index (Phi) is 4.84. The van der Waals surface area contributed by atoms with Gasteiger partial charge in [-0.1, -0.05) is 35.9 Å². The minimum atomic E-state index is 0.0826. The lowest BCUT2D eigenvalue weighted by Gasteiger charge is -2.20. The van der Waals surface area contributed by atoms with Crippen molar-refractivity contribution < 1.29 is 4.79 Å². The van der Waals surface area contributed by atoms with Crippen LogP contribution in [0.25, 0.3) is 10.9 Å². The molecule has 23 heavy (non-hydrogen) atoms. The Labute approximate surface area is 144 Å². The van der Waals surface area contributed by atoms with Crippen molar-refractivity contribution in [2.45, 2.75) is 13.0 Å². The van der Waals surface area contributed by atoms with Gasteiger partial charge < -0.3 is 9.88 Å². The van der Waals surface area contributed by atoms with Gasteiger partial charge in [-0.25, -0.2) is 0 Å². The van der Waals surface area contributed by atoms with E-state index in [2.05, 4.69) is 11.6 Å². The molecule has 118 valence electrons. The molecule has 2 aromatic heterocycles. The van der Waals surface area contributed by atoms with E-state index in [-0.39, 0.29) is 5.91 Å². The maximum Gasteiger partial charge on any atom is 0.227 e. The van der Waals surface area contributed by atoms with Crippen molar-refractivity contribution >= 4 is 39.7 Å². The van der Waals surface area contributed by atoms with Crippen molar-refractivity contribution in [2.24, 2.45) is 0 Å². The van der Waals surface area contributed by atoms with Crippen LogP contribution < -0.4 is 0 Å². The molecular weight excluding hydrogens is 328 g/mol. The van der Waals surface area contributed by atoms with Crippen molar-refractivity contribution in [2.75, 3.05) is 6.54 Å². The molecule has 0 bridgehead atoms. The molecule has 3 nitrogen and oxygen atoms in total. The first kappa shape index (κ1) is 15.8. The van der Waals surface area contributed by atoms with Gasteiger partial charge in [-0.15, -0.1) is 17.9 Å². The van der Waals surface area contributed by atoms with Crippen LogP contribution in [0.5, 0.6) is 0 Å². The number of para-hydroxylation sites is 1. The number of amides is 1. The Morgan fingerprint density at radius 3 is 2.87 bits per heavy atom. The summed E-state index contributed by atoms with van der Waals surface area (Å²) in [6, 6.07) is 11.8. The predicted octanol–water partition coefficient (Wildman–Crippen LogP) is 4.64. The summed E-state index contributed by atoms with van der Waals surface area (Å²) >= 11 is 7.47. The van der Waals surface area contributed by atoms with E-state index >= 15 is 0 Å². The van der Waals surface area contributed by atoms with E-state index < -0.39 is 0 Å². The lowest BCUT2D eigenvalue weighted by molar-refractivity contribution is -0.130. The fourth-order valence-corrected chi connectivity index (χ4v) is 3.69. The summed E-state index contributed by atoms with van der Waals surface area (Å²) in [6.45, 7) is 4.84. The zero-order valence-corrected chi connectivity index (χ0v) is 14.2. The minimum Gasteiger partial charge on any atom is -0.361 e. The molecule has 0 saturated heterocycles. The number of halogens is 1. The van der Waals surface area contributed by atoms with E-state index in [4.69, 9.17) is 11.6 Å². The van der Waals surface area contributed by atoms with Crippen LogP contribution in [0.1, 0.15) is 10.4 Å². The standard InChI is InChI=1S/C18H17ClN2OS/c1-2-9-21(12-14-7-8-17(19)23-14)18(22)10-13-11-20-16-6-4-3-5-15(13)16/h2-8,11,20H,1,9-10,12H2. The summed E-state index contributed by atoms with van der Waals surface area (Å²) in [5, 5.41) is 1.10. The SMILES string of the molecule is C=CCN(Cc1ccc(Cl)s1)C(=O)Cc1c[nH]c2ccccc12. The van der Waals surface area contributed by atoms with E-state index in [1.165, 1.54) is 11.3 Å². The highest BCUT2D eigenvalue weighted by Crippen LogP contribution is 2.24. The Balaban J connectivity index is 1.76. The molecule has 3 aromatic rings. The Morgan fingerprint density at radius 1 is 1.30 bits per heavy atom. The maximum absolute atomic E-state index is 12.7. The van der Waals surface area contributed by atoms with Crippen molar-refractivity contribution in [1.82, 2.24) is 9.88 Å². The van der Waals surface area contributed by atoms with E-state index in [0.717, 1.165) is 25.7 Å². The van der Waals surface area contributed by atoms with E-state index in [9.17, 15) is 4.79 Å². The molecule has 1 aromatic carbocycles. The number of nitrogens with zero attached hydrogens (tertiary/aromatic N) is 1. The smallest absolute Gasteiger partial charge is 0.227 e. The van der Waals surface area contributed by atoms with Crippen LogP contribution in [-0.2, 0) is 17.8 Å². The fourth-order valence-electron chi connectivity index (χ4n) is 2.59. The summed E-state index contributed by atoms with van der Waals surface area (Å²) in [7, 11) is 0. The van der Waals surface area contributed by atoms with Gasteiger partial charge in [0, 0.05) is 28.5 Å². The monoisotopic (exact) mass is 344 g/mol. The first-order valence-corrected chi connectivity index (χ1v) is 8.54. The van der Waals surface area contributed by atoms with Gasteiger partial charge in [-0.2, -0.15) is 0 Å². The van der Waals surface area contributed by atoms with Crippen LogP contribution in [0.3, 0.4) is 0 Å². The quantitative estimate of drug-likeness (QED) is 0.650. The number of carbonyl (C=O) groups is 1. The van der Waals surface area contributed by atoms with Crippen molar-refractivity contribution in [1.29, 1.82) is 0 Å². The van der Waals surface area contributed by atoms with Gasteiger partial charge in [0.2, 0.25) is 5.91 Å². The highest BCUT2D eigenvalue weighted by Gasteiger charge is 2.16. The third-order valence-corrected chi connectivity index (χ3v) is 4.91. The molecule has 0 saturated carbocycles. The van der Waals surface area contributed by atoms with Crippen LogP contribution in [0, 0.1) is 0 Å². The molecule has 0 radical (unpaired) electrons. The van der Waals surface area contributed by atoms with E-state index in [1.807, 2.05) is 42.6 Å². The zero-order chi connectivity index (χ0) is 16.2. The van der Waals surface area contributed by atoms with E-state index in [1.54, 1.807) is 11.0 Å². The molecule has 2 heterocycles. The molecule has 0 aliphatic heterocycles. The summed E-state index contributed by atoms with van der Waals surface area (Å²) in [6.07, 6.45) is 4.04. The molecule has 0 atom stereocenters. The van der Waals surface area contributed by atoms with Crippen molar-refractivity contribution in [3.8, 4) is 0 Å². The molecule has 0 unspecified atom stereocenters. The zero-order valence-electron chi connectivity index (χ0n) is 12.6. The molecule has 3 rings (SSSR count). The summed E-state index contributed by atoms with van der Waals surface area (Å²) in [4.78, 5) is 18.8. The number of benzene rings is 1. The van der Waals surface area contributed by atoms with Gasteiger partial charge in [-0.05, 0) is 23.8 Å². The van der Waals surface area contributed by atoms with Crippen molar-refractivity contribution in [3.05, 3.63) is 70.0 Å². The molecule has 5 heteroatoms. The maximum atomic E-state index is 12.7. The van der Waals surface area contributed by atoms with Crippen LogP contribution in [-0.4, -0.2) is 22.3 Å². The first-order valence-electron chi connectivity index (χ1n) is 7.35. The van der Waals surface area contributed by atoms with Crippen LogP contribution in [0.4, 0.5) is 0 Å². The molecule has 0 aliphatic rings. The number of nitrogens with one attached hydrogen (secondary N) is 1. The van der Waals surface area contributed by atoms with Gasteiger partial charge in [0.25, 0.3) is 0 Å². The molecule has 1 amide bonds. The minimum absolute atomic E-state index is 0.0826. The molecular formula is C18H17ClN2OS. The number of carbonyl (C=O) groups excluding carboxylic acids is 1. The lowest BCUT2D eigenvalue weighted by Crippen LogP contribution is -2.31. The van der Waals surface area contributed by atoms with Gasteiger partial charge in [-0.3, -0.25) is 4.79 Å². The topological polar surface area (TPSA) is 36.1 Å². The average molecular weight is 345 g/mol. The normalized spacial score (nSPS) is 10.8. The lowest BCUT2D eigenvalue weighted by atomic mass is 10.1. The van der Waals surface area contributed by atoms with Crippen LogP contribution in [0.2, 0.25) is 4.34 Å². The Morgan fingerprint density at radius 2 is 2.13 bits per heavy atom. The highest BCUT2D eigenvalue weighted by molar-refractivity contribution is 7.16. The third kappa shape index (κ3) is 3.66. The second-order valence-corrected chi connectivity index (χ2v) is 7.10. The first-order chi connectivity index (χ1) is 11.2. The van der Waals surface area contributed by atoms with Gasteiger partial charge in [0.1, 0.15) is 0 Å². The fraction of sp³-hybridized carbons (Fsp3) is 0.167. The average Bonchev–Trinajstić information content (AvgIpc) is 3.14. The predicted molar refractivity (Wildman–Crippen MR) is 96.9 cm³/mol. The second kappa shape index (κ2) is 7.02. The Hall–Kier alpha value is -2.04.